The number of benzene rings is 1. The van der Waals surface area contributed by atoms with Crippen molar-refractivity contribution in [2.75, 3.05) is 11.5 Å². The van der Waals surface area contributed by atoms with Crippen LogP contribution in [0, 0.1) is 5.82 Å². The summed E-state index contributed by atoms with van der Waals surface area (Å²) in [7, 11) is 0. The van der Waals surface area contributed by atoms with E-state index >= 15 is 0 Å². The number of halogens is 3. The van der Waals surface area contributed by atoms with Crippen LogP contribution in [0.15, 0.2) is 23.1 Å². The Kier molecular flexibility index (Phi) is 3.48. The second-order valence-corrected chi connectivity index (χ2v) is 3.45. The number of nitrogens with two attached hydrogens (primary N) is 1. The van der Waals surface area contributed by atoms with Crippen molar-refractivity contribution >= 4 is 17.4 Å². The third kappa shape index (κ3) is 3.18. The molecule has 1 aromatic rings. The molecule has 0 amide bonds. The largest absolute Gasteiger partial charge is 0.399 e. The van der Waals surface area contributed by atoms with Gasteiger partial charge in [0.25, 0.3) is 0 Å². The van der Waals surface area contributed by atoms with Crippen molar-refractivity contribution in [2.24, 2.45) is 0 Å². The van der Waals surface area contributed by atoms with E-state index in [1.54, 1.807) is 0 Å². The summed E-state index contributed by atoms with van der Waals surface area (Å²) in [5.41, 5.74) is 5.58. The Morgan fingerprint density at radius 1 is 1.38 bits per heavy atom. The van der Waals surface area contributed by atoms with E-state index in [1.807, 2.05) is 0 Å². The highest BCUT2D eigenvalue weighted by molar-refractivity contribution is 7.99. The monoisotopic (exact) mass is 207 g/mol. The van der Waals surface area contributed by atoms with Crippen LogP contribution < -0.4 is 5.73 Å². The van der Waals surface area contributed by atoms with Crippen molar-refractivity contribution in [3.05, 3.63) is 24.0 Å². The zero-order valence-corrected chi connectivity index (χ0v) is 7.45. The smallest absolute Gasteiger partial charge is 0.247 e. The first-order valence-electron chi connectivity index (χ1n) is 3.55. The van der Waals surface area contributed by atoms with E-state index in [1.165, 1.54) is 12.1 Å². The molecule has 1 aromatic carbocycles. The molecule has 0 saturated heterocycles. The minimum atomic E-state index is -2.43. The van der Waals surface area contributed by atoms with Gasteiger partial charge in [-0.05, 0) is 18.2 Å². The summed E-state index contributed by atoms with van der Waals surface area (Å²) in [5, 5.41) is 0. The van der Waals surface area contributed by atoms with Gasteiger partial charge in [0.1, 0.15) is 5.82 Å². The fourth-order valence-electron chi connectivity index (χ4n) is 0.787. The predicted molar refractivity (Wildman–Crippen MR) is 47.5 cm³/mol. The summed E-state index contributed by atoms with van der Waals surface area (Å²) in [6, 6.07) is 4.00. The number of rotatable bonds is 3. The Balaban J connectivity index is 2.67. The van der Waals surface area contributed by atoms with Gasteiger partial charge in [0, 0.05) is 10.6 Å². The summed E-state index contributed by atoms with van der Waals surface area (Å²) in [5.74, 6) is -0.952. The minimum absolute atomic E-state index is 0.203. The van der Waals surface area contributed by atoms with Crippen molar-refractivity contribution in [2.45, 2.75) is 11.3 Å². The molecule has 0 bridgehead atoms. The second-order valence-electron chi connectivity index (χ2n) is 2.39. The molecule has 0 aliphatic rings. The first-order chi connectivity index (χ1) is 6.09. The summed E-state index contributed by atoms with van der Waals surface area (Å²) in [6.45, 7) is 0. The molecule has 0 heterocycles. The normalized spacial score (nSPS) is 10.8. The van der Waals surface area contributed by atoms with Gasteiger partial charge < -0.3 is 5.73 Å². The van der Waals surface area contributed by atoms with Gasteiger partial charge in [0.05, 0.1) is 5.75 Å². The van der Waals surface area contributed by atoms with Crippen LogP contribution in [0.25, 0.3) is 0 Å². The molecule has 0 aliphatic heterocycles. The molecule has 0 radical (unpaired) electrons. The Labute approximate surface area is 78.1 Å². The van der Waals surface area contributed by atoms with Crippen LogP contribution in [0.5, 0.6) is 0 Å². The third-order valence-electron chi connectivity index (χ3n) is 1.32. The van der Waals surface area contributed by atoms with Crippen LogP contribution in [-0.4, -0.2) is 12.2 Å². The lowest BCUT2D eigenvalue weighted by Crippen LogP contribution is -1.95. The van der Waals surface area contributed by atoms with E-state index < -0.39 is 18.0 Å². The molecular weight excluding hydrogens is 199 g/mol. The van der Waals surface area contributed by atoms with E-state index in [2.05, 4.69) is 0 Å². The minimum Gasteiger partial charge on any atom is -0.399 e. The maximum atomic E-state index is 13.0. The first-order valence-corrected chi connectivity index (χ1v) is 4.54. The van der Waals surface area contributed by atoms with Crippen LogP contribution >= 0.6 is 11.8 Å². The molecule has 13 heavy (non-hydrogen) atoms. The summed E-state index contributed by atoms with van der Waals surface area (Å²) in [4.78, 5) is 0.203. The quantitative estimate of drug-likeness (QED) is 0.609. The van der Waals surface area contributed by atoms with E-state index in [-0.39, 0.29) is 4.90 Å². The lowest BCUT2D eigenvalue weighted by Gasteiger charge is -2.02. The fourth-order valence-corrected chi connectivity index (χ4v) is 1.45. The highest BCUT2D eigenvalue weighted by Crippen LogP contribution is 2.24. The van der Waals surface area contributed by atoms with Gasteiger partial charge in [-0.15, -0.1) is 11.8 Å². The van der Waals surface area contributed by atoms with Crippen molar-refractivity contribution in [1.29, 1.82) is 0 Å². The summed E-state index contributed by atoms with van der Waals surface area (Å²) < 4.78 is 36.5. The fraction of sp³-hybridized carbons (Fsp3) is 0.250. The van der Waals surface area contributed by atoms with Crippen LogP contribution in [0.4, 0.5) is 18.9 Å². The molecular formula is C8H8F3NS. The Morgan fingerprint density at radius 3 is 2.62 bits per heavy atom. The average Bonchev–Trinajstić information content (AvgIpc) is 2.02. The Hall–Kier alpha value is -0.840. The predicted octanol–water partition coefficient (Wildman–Crippen LogP) is 2.77. The van der Waals surface area contributed by atoms with Gasteiger partial charge in [0.2, 0.25) is 6.43 Å². The van der Waals surface area contributed by atoms with E-state index in [4.69, 9.17) is 5.73 Å². The van der Waals surface area contributed by atoms with Crippen LogP contribution in [0.2, 0.25) is 0 Å². The Bertz CT molecular complexity index is 291. The van der Waals surface area contributed by atoms with Gasteiger partial charge in [0.15, 0.2) is 0 Å². The van der Waals surface area contributed by atoms with E-state index in [0.717, 1.165) is 17.8 Å². The van der Waals surface area contributed by atoms with Crippen molar-refractivity contribution in [3.8, 4) is 0 Å². The van der Waals surface area contributed by atoms with Gasteiger partial charge in [-0.2, -0.15) is 0 Å². The molecule has 0 saturated carbocycles. The van der Waals surface area contributed by atoms with Gasteiger partial charge in [-0.1, -0.05) is 0 Å². The summed E-state index contributed by atoms with van der Waals surface area (Å²) >= 11 is 0.783. The number of alkyl halides is 2. The SMILES string of the molecule is Nc1ccc(SCC(F)F)c(F)c1. The van der Waals surface area contributed by atoms with E-state index in [9.17, 15) is 13.2 Å². The van der Waals surface area contributed by atoms with Crippen LogP contribution in [-0.2, 0) is 0 Å². The number of hydrogen-bond donors (Lipinski definition) is 1. The van der Waals surface area contributed by atoms with Crippen molar-refractivity contribution in [3.63, 3.8) is 0 Å². The van der Waals surface area contributed by atoms with E-state index in [0.29, 0.717) is 5.69 Å². The topological polar surface area (TPSA) is 26.0 Å². The molecule has 0 aromatic heterocycles. The zero-order valence-electron chi connectivity index (χ0n) is 6.64. The average molecular weight is 207 g/mol. The van der Waals surface area contributed by atoms with Crippen molar-refractivity contribution < 1.29 is 13.2 Å². The molecule has 0 aliphatic carbocycles. The molecule has 1 rings (SSSR count). The molecule has 5 heteroatoms. The van der Waals surface area contributed by atoms with Crippen LogP contribution in [0.1, 0.15) is 0 Å². The number of nitrogen functional groups attached to an aromatic ring is 1. The van der Waals surface area contributed by atoms with Gasteiger partial charge in [-0.3, -0.25) is 0 Å². The standard InChI is InChI=1S/C8H8F3NS/c9-6-3-5(12)1-2-7(6)13-4-8(10)11/h1-3,8H,4,12H2. The number of anilines is 1. The molecule has 1 nitrogen and oxygen atoms in total. The molecule has 72 valence electrons. The lowest BCUT2D eigenvalue weighted by molar-refractivity contribution is 0.177. The zero-order chi connectivity index (χ0) is 9.84. The lowest BCUT2D eigenvalue weighted by atomic mass is 10.3. The highest BCUT2D eigenvalue weighted by Gasteiger charge is 2.07. The number of thioether (sulfide) groups is 1. The van der Waals surface area contributed by atoms with Gasteiger partial charge >= 0.3 is 0 Å². The van der Waals surface area contributed by atoms with Gasteiger partial charge in [-0.25, -0.2) is 13.2 Å². The second kappa shape index (κ2) is 4.41. The number of hydrogen-bond acceptors (Lipinski definition) is 2. The molecule has 0 spiro atoms. The maximum Gasteiger partial charge on any atom is 0.247 e. The third-order valence-corrected chi connectivity index (χ3v) is 2.38. The molecule has 0 atom stereocenters. The Morgan fingerprint density at radius 2 is 2.08 bits per heavy atom. The molecule has 0 fully saturated rings. The van der Waals surface area contributed by atoms with Crippen molar-refractivity contribution in [1.82, 2.24) is 0 Å². The highest BCUT2D eigenvalue weighted by atomic mass is 32.2. The maximum absolute atomic E-state index is 13.0. The first kappa shape index (κ1) is 10.2. The van der Waals surface area contributed by atoms with Crippen LogP contribution in [0.3, 0.4) is 0 Å². The molecule has 0 unspecified atom stereocenters. The molecule has 2 N–H and O–H groups in total. The summed E-state index contributed by atoms with van der Waals surface area (Å²) in [6.07, 6.45) is -2.43.